The molecule has 1 unspecified atom stereocenters. The van der Waals surface area contributed by atoms with Crippen LogP contribution >= 0.6 is 38.6 Å². The van der Waals surface area contributed by atoms with E-state index in [4.69, 9.17) is 0 Å². The Hall–Kier alpha value is -0.160. The molecule has 18 heavy (non-hydrogen) atoms. The average Bonchev–Trinajstić information content (AvgIpc) is 2.97. The highest BCUT2D eigenvalue weighted by Crippen LogP contribution is 2.30. The van der Waals surface area contributed by atoms with E-state index in [-0.39, 0.29) is 0 Å². The van der Waals surface area contributed by atoms with E-state index in [1.165, 1.54) is 18.4 Å². The summed E-state index contributed by atoms with van der Waals surface area (Å²) in [6.45, 7) is 5.39. The van der Waals surface area contributed by atoms with E-state index < -0.39 is 0 Å². The molecule has 2 rings (SSSR count). The molecule has 2 aromatic heterocycles. The van der Waals surface area contributed by atoms with Crippen molar-refractivity contribution in [1.82, 2.24) is 5.32 Å². The Morgan fingerprint density at radius 2 is 1.89 bits per heavy atom. The van der Waals surface area contributed by atoms with Gasteiger partial charge in [0, 0.05) is 27.1 Å². The van der Waals surface area contributed by atoms with Crippen LogP contribution in [-0.4, -0.2) is 6.54 Å². The number of hydrogen-bond donors (Lipinski definition) is 1. The molecular weight excluding hydrogens is 326 g/mol. The zero-order valence-electron chi connectivity index (χ0n) is 10.7. The molecule has 0 fully saturated rings. The highest BCUT2D eigenvalue weighted by Gasteiger charge is 2.14. The van der Waals surface area contributed by atoms with Gasteiger partial charge in [0.2, 0.25) is 0 Å². The van der Waals surface area contributed by atoms with Crippen molar-refractivity contribution < 1.29 is 0 Å². The molecule has 0 amide bonds. The van der Waals surface area contributed by atoms with Gasteiger partial charge in [-0.3, -0.25) is 0 Å². The second-order valence-corrected chi connectivity index (χ2v) is 7.93. The molecule has 0 aromatic carbocycles. The molecule has 0 saturated heterocycles. The number of thiophene rings is 2. The number of likely N-dealkylation sites (N-methyl/N-ethyl adjacent to an activating group) is 1. The molecule has 0 aliphatic carbocycles. The van der Waals surface area contributed by atoms with Crippen LogP contribution in [0.4, 0.5) is 0 Å². The zero-order chi connectivity index (χ0) is 13.0. The molecule has 0 radical (unpaired) electrons. The van der Waals surface area contributed by atoms with Crippen LogP contribution in [-0.2, 0) is 12.8 Å². The van der Waals surface area contributed by atoms with Gasteiger partial charge in [0.25, 0.3) is 0 Å². The summed E-state index contributed by atoms with van der Waals surface area (Å²) in [5.74, 6) is 0. The number of halogens is 1. The van der Waals surface area contributed by atoms with Gasteiger partial charge in [-0.05, 0) is 53.2 Å². The Kier molecular flexibility index (Phi) is 5.42. The number of aryl methyl sites for hydroxylation is 1. The average molecular weight is 344 g/mol. The van der Waals surface area contributed by atoms with Gasteiger partial charge in [-0.25, -0.2) is 0 Å². The topological polar surface area (TPSA) is 12.0 Å². The van der Waals surface area contributed by atoms with Crippen molar-refractivity contribution >= 4 is 38.6 Å². The smallest absolute Gasteiger partial charge is 0.0701 e. The largest absolute Gasteiger partial charge is 0.309 e. The van der Waals surface area contributed by atoms with Gasteiger partial charge in [-0.2, -0.15) is 0 Å². The standard InChI is InChI=1S/C14H18BrNS2/c1-3-10-5-6-11(17-10)9-12(16-4-2)13-7-8-14(15)18-13/h5-8,12,16H,3-4,9H2,1-2H3. The Morgan fingerprint density at radius 3 is 2.44 bits per heavy atom. The zero-order valence-corrected chi connectivity index (χ0v) is 13.9. The van der Waals surface area contributed by atoms with Gasteiger partial charge < -0.3 is 5.32 Å². The van der Waals surface area contributed by atoms with Crippen LogP contribution < -0.4 is 5.32 Å². The Labute approximate surface area is 125 Å². The summed E-state index contributed by atoms with van der Waals surface area (Å²) in [6.07, 6.45) is 2.23. The monoisotopic (exact) mass is 343 g/mol. The van der Waals surface area contributed by atoms with Gasteiger partial charge >= 0.3 is 0 Å². The minimum atomic E-state index is 0.439. The fourth-order valence-electron chi connectivity index (χ4n) is 1.96. The third-order valence-corrected chi connectivity index (χ3v) is 5.85. The molecule has 1 atom stereocenters. The maximum atomic E-state index is 3.58. The van der Waals surface area contributed by atoms with Crippen LogP contribution in [0, 0.1) is 0 Å². The first kappa shape index (κ1) is 14.3. The minimum Gasteiger partial charge on any atom is -0.309 e. The summed E-state index contributed by atoms with van der Waals surface area (Å²) >= 11 is 7.31. The normalized spacial score (nSPS) is 12.8. The number of rotatable bonds is 6. The Morgan fingerprint density at radius 1 is 1.11 bits per heavy atom. The predicted molar refractivity (Wildman–Crippen MR) is 85.8 cm³/mol. The van der Waals surface area contributed by atoms with Gasteiger partial charge in [0.05, 0.1) is 3.79 Å². The summed E-state index contributed by atoms with van der Waals surface area (Å²) in [5.41, 5.74) is 0. The number of hydrogen-bond acceptors (Lipinski definition) is 3. The quantitative estimate of drug-likeness (QED) is 0.775. The number of nitrogens with one attached hydrogen (secondary N) is 1. The molecule has 0 aliphatic rings. The van der Waals surface area contributed by atoms with E-state index >= 15 is 0 Å². The van der Waals surface area contributed by atoms with Gasteiger partial charge in [-0.15, -0.1) is 22.7 Å². The van der Waals surface area contributed by atoms with Crippen molar-refractivity contribution in [3.8, 4) is 0 Å². The van der Waals surface area contributed by atoms with Crippen molar-refractivity contribution in [3.05, 3.63) is 42.7 Å². The molecule has 4 heteroatoms. The predicted octanol–water partition coefficient (Wildman–Crippen LogP) is 5.03. The van der Waals surface area contributed by atoms with Crippen molar-refractivity contribution in [1.29, 1.82) is 0 Å². The van der Waals surface area contributed by atoms with Gasteiger partial charge in [0.1, 0.15) is 0 Å². The summed E-state index contributed by atoms with van der Waals surface area (Å²) < 4.78 is 1.21. The molecular formula is C14H18BrNS2. The third-order valence-electron chi connectivity index (χ3n) is 2.86. The van der Waals surface area contributed by atoms with Gasteiger partial charge in [0.15, 0.2) is 0 Å². The van der Waals surface area contributed by atoms with Crippen molar-refractivity contribution in [2.45, 2.75) is 32.7 Å². The third kappa shape index (κ3) is 3.67. The first-order valence-electron chi connectivity index (χ1n) is 6.29. The van der Waals surface area contributed by atoms with Crippen LogP contribution in [0.2, 0.25) is 0 Å². The first-order chi connectivity index (χ1) is 8.72. The van der Waals surface area contributed by atoms with E-state index in [1.54, 1.807) is 0 Å². The first-order valence-corrected chi connectivity index (χ1v) is 8.71. The van der Waals surface area contributed by atoms with Crippen LogP contribution in [0.1, 0.15) is 34.5 Å². The van der Waals surface area contributed by atoms with Crippen LogP contribution in [0.25, 0.3) is 0 Å². The molecule has 98 valence electrons. The van der Waals surface area contributed by atoms with Crippen LogP contribution in [0.3, 0.4) is 0 Å². The molecule has 2 heterocycles. The summed E-state index contributed by atoms with van der Waals surface area (Å²) in [7, 11) is 0. The SMILES string of the molecule is CCNC(Cc1ccc(CC)s1)c1ccc(Br)s1. The fourth-order valence-corrected chi connectivity index (χ4v) is 4.46. The van der Waals surface area contributed by atoms with Crippen LogP contribution in [0.15, 0.2) is 28.1 Å². The molecule has 2 aromatic rings. The molecule has 0 bridgehead atoms. The van der Waals surface area contributed by atoms with E-state index in [0.717, 1.165) is 19.4 Å². The highest BCUT2D eigenvalue weighted by molar-refractivity contribution is 9.11. The summed E-state index contributed by atoms with van der Waals surface area (Å²) in [5, 5.41) is 3.58. The Bertz CT molecular complexity index is 489. The fraction of sp³-hybridized carbons (Fsp3) is 0.429. The molecule has 0 spiro atoms. The summed E-state index contributed by atoms with van der Waals surface area (Å²) in [4.78, 5) is 4.37. The van der Waals surface area contributed by atoms with E-state index in [0.29, 0.717) is 6.04 Å². The maximum Gasteiger partial charge on any atom is 0.0701 e. The lowest BCUT2D eigenvalue weighted by Crippen LogP contribution is -2.21. The van der Waals surface area contributed by atoms with E-state index in [9.17, 15) is 0 Å². The Balaban J connectivity index is 2.10. The van der Waals surface area contributed by atoms with Crippen molar-refractivity contribution in [2.24, 2.45) is 0 Å². The summed E-state index contributed by atoms with van der Waals surface area (Å²) in [6, 6.07) is 9.32. The lowest BCUT2D eigenvalue weighted by molar-refractivity contribution is 0.562. The molecule has 0 saturated carbocycles. The second-order valence-electron chi connectivity index (χ2n) is 4.18. The molecule has 0 aliphatic heterocycles. The van der Waals surface area contributed by atoms with Crippen molar-refractivity contribution in [2.75, 3.05) is 6.54 Å². The van der Waals surface area contributed by atoms with E-state index in [2.05, 4.69) is 59.4 Å². The second kappa shape index (κ2) is 6.85. The molecule has 1 nitrogen and oxygen atoms in total. The maximum absolute atomic E-state index is 3.58. The van der Waals surface area contributed by atoms with Crippen molar-refractivity contribution in [3.63, 3.8) is 0 Å². The minimum absolute atomic E-state index is 0.439. The molecule has 1 N–H and O–H groups in total. The van der Waals surface area contributed by atoms with Gasteiger partial charge in [-0.1, -0.05) is 13.8 Å². The van der Waals surface area contributed by atoms with E-state index in [1.807, 2.05) is 22.7 Å². The lowest BCUT2D eigenvalue weighted by Gasteiger charge is -2.15. The lowest BCUT2D eigenvalue weighted by atomic mass is 10.1. The van der Waals surface area contributed by atoms with Crippen LogP contribution in [0.5, 0.6) is 0 Å². The highest BCUT2D eigenvalue weighted by atomic mass is 79.9.